The molecule has 1 aromatic rings. The normalized spacial score (nSPS) is 12.4. The topological polar surface area (TPSA) is 43.1 Å². The summed E-state index contributed by atoms with van der Waals surface area (Å²) < 4.78 is 0. The molecule has 1 aromatic carbocycles. The quantitative estimate of drug-likeness (QED) is 0.322. The Kier molecular flexibility index (Phi) is 6.58. The van der Waals surface area contributed by atoms with Crippen LogP contribution in [0.3, 0.4) is 0 Å². The van der Waals surface area contributed by atoms with Crippen LogP contribution in [0.25, 0.3) is 0 Å². The van der Waals surface area contributed by atoms with Gasteiger partial charge in [-0.3, -0.25) is 10.1 Å². The van der Waals surface area contributed by atoms with Crippen molar-refractivity contribution < 1.29 is 4.92 Å². The van der Waals surface area contributed by atoms with Crippen molar-refractivity contribution in [3.8, 4) is 0 Å². The van der Waals surface area contributed by atoms with Crippen molar-refractivity contribution in [3.05, 3.63) is 34.4 Å². The summed E-state index contributed by atoms with van der Waals surface area (Å²) >= 11 is 4.99. The number of benzene rings is 1. The molecule has 0 amide bonds. The fourth-order valence-electron chi connectivity index (χ4n) is 1.43. The maximum atomic E-state index is 10.8. The smallest absolute Gasteiger partial charge is 0.258 e. The van der Waals surface area contributed by atoms with Crippen LogP contribution in [-0.2, 0) is 0 Å². The van der Waals surface area contributed by atoms with Crippen LogP contribution < -0.4 is 0 Å². The molecule has 1 unspecified atom stereocenters. The minimum Gasteiger partial charge on any atom is -0.258 e. The predicted octanol–water partition coefficient (Wildman–Crippen LogP) is 4.50. The van der Waals surface area contributed by atoms with E-state index in [1.165, 1.54) is 0 Å². The van der Waals surface area contributed by atoms with E-state index in [1.54, 1.807) is 23.9 Å². The van der Waals surface area contributed by atoms with Gasteiger partial charge in [0, 0.05) is 11.4 Å². The molecule has 0 radical (unpaired) electrons. The predicted molar refractivity (Wildman–Crippen MR) is 76.0 cm³/mol. The molecule has 0 saturated carbocycles. The lowest BCUT2D eigenvalue weighted by molar-refractivity contribution is -0.387. The lowest BCUT2D eigenvalue weighted by Gasteiger charge is -2.08. The van der Waals surface area contributed by atoms with Crippen molar-refractivity contribution >= 4 is 33.4 Å². The third kappa shape index (κ3) is 5.08. The molecule has 0 N–H and O–H groups in total. The second kappa shape index (κ2) is 7.71. The first-order valence-electron chi connectivity index (χ1n) is 5.57. The minimum absolute atomic E-state index is 0.214. The molecule has 0 fully saturated rings. The van der Waals surface area contributed by atoms with Crippen molar-refractivity contribution in [3.63, 3.8) is 0 Å². The van der Waals surface area contributed by atoms with Crippen molar-refractivity contribution in [1.29, 1.82) is 0 Å². The Balaban J connectivity index is 2.49. The molecule has 5 heteroatoms. The van der Waals surface area contributed by atoms with Gasteiger partial charge in [-0.15, -0.1) is 11.8 Å². The van der Waals surface area contributed by atoms with Gasteiger partial charge in [-0.05, 0) is 30.6 Å². The van der Waals surface area contributed by atoms with Gasteiger partial charge in [0.2, 0.25) is 0 Å². The molecule has 0 spiro atoms. The molecule has 0 aromatic heterocycles. The molecular weight excluding hydrogens is 302 g/mol. The van der Waals surface area contributed by atoms with E-state index in [-0.39, 0.29) is 10.6 Å². The molecule has 1 atom stereocenters. The molecule has 0 bridgehead atoms. The Morgan fingerprint density at radius 1 is 1.41 bits per heavy atom. The number of para-hydroxylation sites is 1. The highest BCUT2D eigenvalue weighted by atomic mass is 79.9. The third-order valence-electron chi connectivity index (χ3n) is 2.53. The Labute approximate surface area is 114 Å². The standard InChI is InChI=1S/C12H16BrNO2S/c1-10(6-8-13)7-9-17-12-5-3-2-4-11(12)14(15)16/h2-5,10H,6-9H2,1H3. The molecule has 1 rings (SSSR count). The van der Waals surface area contributed by atoms with Crippen molar-refractivity contribution in [1.82, 2.24) is 0 Å². The number of nitrogens with zero attached hydrogens (tertiary/aromatic N) is 1. The minimum atomic E-state index is -0.315. The SMILES string of the molecule is CC(CCBr)CCSc1ccccc1[N+](=O)[O-]. The number of nitro groups is 1. The number of hydrogen-bond donors (Lipinski definition) is 0. The van der Waals surface area contributed by atoms with Gasteiger partial charge in [0.1, 0.15) is 0 Å². The highest BCUT2D eigenvalue weighted by molar-refractivity contribution is 9.09. The summed E-state index contributed by atoms with van der Waals surface area (Å²) in [5, 5.41) is 11.8. The Morgan fingerprint density at radius 3 is 2.76 bits per heavy atom. The van der Waals surface area contributed by atoms with E-state index >= 15 is 0 Å². The maximum absolute atomic E-state index is 10.8. The van der Waals surface area contributed by atoms with Crippen LogP contribution >= 0.6 is 27.7 Å². The van der Waals surface area contributed by atoms with E-state index < -0.39 is 0 Å². The zero-order valence-corrected chi connectivity index (χ0v) is 12.2. The largest absolute Gasteiger partial charge is 0.282 e. The maximum Gasteiger partial charge on any atom is 0.282 e. The first kappa shape index (κ1) is 14.5. The number of nitro benzene ring substituents is 1. The molecule has 0 aliphatic carbocycles. The fraction of sp³-hybridized carbons (Fsp3) is 0.500. The summed E-state index contributed by atoms with van der Waals surface area (Å²) in [7, 11) is 0. The summed E-state index contributed by atoms with van der Waals surface area (Å²) in [5.41, 5.74) is 0.214. The van der Waals surface area contributed by atoms with E-state index in [0.717, 1.165) is 28.8 Å². The average Bonchev–Trinajstić information content (AvgIpc) is 2.30. The second-order valence-electron chi connectivity index (χ2n) is 3.94. The van der Waals surface area contributed by atoms with Crippen molar-refractivity contribution in [2.24, 2.45) is 5.92 Å². The van der Waals surface area contributed by atoms with Gasteiger partial charge in [-0.25, -0.2) is 0 Å². The van der Waals surface area contributed by atoms with E-state index in [1.807, 2.05) is 12.1 Å². The van der Waals surface area contributed by atoms with E-state index in [0.29, 0.717) is 5.92 Å². The van der Waals surface area contributed by atoms with Gasteiger partial charge in [0.15, 0.2) is 0 Å². The van der Waals surface area contributed by atoms with Gasteiger partial charge in [0.25, 0.3) is 5.69 Å². The van der Waals surface area contributed by atoms with Crippen LogP contribution in [-0.4, -0.2) is 16.0 Å². The van der Waals surface area contributed by atoms with E-state index in [4.69, 9.17) is 0 Å². The lowest BCUT2D eigenvalue weighted by atomic mass is 10.1. The molecule has 94 valence electrons. The average molecular weight is 318 g/mol. The van der Waals surface area contributed by atoms with Crippen LogP contribution in [0.1, 0.15) is 19.8 Å². The van der Waals surface area contributed by atoms with E-state index in [9.17, 15) is 10.1 Å². The molecule has 0 aliphatic heterocycles. The van der Waals surface area contributed by atoms with Crippen LogP contribution in [0.15, 0.2) is 29.2 Å². The molecular formula is C12H16BrNO2S. The molecule has 0 saturated heterocycles. The number of hydrogen-bond acceptors (Lipinski definition) is 3. The summed E-state index contributed by atoms with van der Waals surface area (Å²) in [6, 6.07) is 6.93. The zero-order chi connectivity index (χ0) is 12.7. The number of rotatable bonds is 7. The second-order valence-corrected chi connectivity index (χ2v) is 5.87. The first-order valence-corrected chi connectivity index (χ1v) is 7.68. The van der Waals surface area contributed by atoms with Crippen molar-refractivity contribution in [2.75, 3.05) is 11.1 Å². The Morgan fingerprint density at radius 2 is 2.12 bits per heavy atom. The first-order chi connectivity index (χ1) is 8.15. The number of thioether (sulfide) groups is 1. The zero-order valence-electron chi connectivity index (χ0n) is 9.77. The van der Waals surface area contributed by atoms with Crippen molar-refractivity contribution in [2.45, 2.75) is 24.7 Å². The van der Waals surface area contributed by atoms with Crippen LogP contribution in [0.5, 0.6) is 0 Å². The van der Waals surface area contributed by atoms with Gasteiger partial charge < -0.3 is 0 Å². The monoisotopic (exact) mass is 317 g/mol. The van der Waals surface area contributed by atoms with Crippen LogP contribution in [0.4, 0.5) is 5.69 Å². The molecule has 0 aliphatic rings. The summed E-state index contributed by atoms with van der Waals surface area (Å²) in [6.07, 6.45) is 2.24. The fourth-order valence-corrected chi connectivity index (χ4v) is 3.42. The Hall–Kier alpha value is -0.550. The molecule has 3 nitrogen and oxygen atoms in total. The third-order valence-corrected chi connectivity index (χ3v) is 4.09. The molecule has 17 heavy (non-hydrogen) atoms. The molecule has 0 heterocycles. The summed E-state index contributed by atoms with van der Waals surface area (Å²) in [5.74, 6) is 1.59. The highest BCUT2D eigenvalue weighted by Crippen LogP contribution is 2.29. The van der Waals surface area contributed by atoms with Gasteiger partial charge in [-0.2, -0.15) is 0 Å². The van der Waals surface area contributed by atoms with Gasteiger partial charge >= 0.3 is 0 Å². The number of halogens is 1. The number of alkyl halides is 1. The van der Waals surface area contributed by atoms with Crippen LogP contribution in [0.2, 0.25) is 0 Å². The van der Waals surface area contributed by atoms with Gasteiger partial charge in [0.05, 0.1) is 9.82 Å². The lowest BCUT2D eigenvalue weighted by Crippen LogP contribution is -1.97. The Bertz CT molecular complexity index is 373. The van der Waals surface area contributed by atoms with Crippen LogP contribution in [0, 0.1) is 16.0 Å². The van der Waals surface area contributed by atoms with Gasteiger partial charge in [-0.1, -0.05) is 35.0 Å². The summed E-state index contributed by atoms with van der Waals surface area (Å²) in [6.45, 7) is 2.21. The van der Waals surface area contributed by atoms with E-state index in [2.05, 4.69) is 22.9 Å². The highest BCUT2D eigenvalue weighted by Gasteiger charge is 2.12. The summed E-state index contributed by atoms with van der Waals surface area (Å²) in [4.78, 5) is 11.3.